The monoisotopic (exact) mass is 430 g/mol. The molecule has 0 spiro atoms. The zero-order chi connectivity index (χ0) is 21.7. The molecular weight excluding hydrogens is 408 g/mol. The number of carbonyl (C=O) groups is 1. The number of esters is 1. The Morgan fingerprint density at radius 1 is 1.03 bits per heavy atom. The number of thioether (sulfide) groups is 1. The molecule has 8 nitrogen and oxygen atoms in total. The first-order valence-corrected chi connectivity index (χ1v) is 9.99. The number of carbonyl (C=O) groups excluding carboxylic acids is 1. The van der Waals surface area contributed by atoms with Crippen LogP contribution in [-0.2, 0) is 16.1 Å². The van der Waals surface area contributed by atoms with E-state index in [0.717, 1.165) is 17.3 Å². The zero-order valence-electron chi connectivity index (χ0n) is 17.1. The van der Waals surface area contributed by atoms with Gasteiger partial charge in [0, 0.05) is 0 Å². The van der Waals surface area contributed by atoms with Gasteiger partial charge in [0.1, 0.15) is 5.52 Å². The van der Waals surface area contributed by atoms with Crippen molar-refractivity contribution in [1.29, 1.82) is 0 Å². The van der Waals surface area contributed by atoms with Crippen LogP contribution in [0.4, 0.5) is 0 Å². The molecule has 0 saturated heterocycles. The summed E-state index contributed by atoms with van der Waals surface area (Å²) in [6, 6.07) is 11.1. The van der Waals surface area contributed by atoms with Gasteiger partial charge in [-0.2, -0.15) is 0 Å². The number of nitrogens with zero attached hydrogens (tertiary/aromatic N) is 2. The molecule has 0 unspecified atom stereocenters. The fraction of sp³-hybridized carbons (Fsp3) is 0.286. The predicted octanol–water partition coefficient (Wildman–Crippen LogP) is 2.74. The van der Waals surface area contributed by atoms with Gasteiger partial charge in [0.05, 0.1) is 46.1 Å². The van der Waals surface area contributed by atoms with E-state index in [2.05, 4.69) is 4.98 Å². The van der Waals surface area contributed by atoms with Crippen LogP contribution in [0, 0.1) is 0 Å². The van der Waals surface area contributed by atoms with Crippen LogP contribution in [0.5, 0.6) is 17.2 Å². The lowest BCUT2D eigenvalue weighted by molar-refractivity contribution is -0.137. The third-order valence-corrected chi connectivity index (χ3v) is 5.40. The molecule has 0 atom stereocenters. The van der Waals surface area contributed by atoms with Crippen LogP contribution in [0.25, 0.3) is 10.9 Å². The van der Waals surface area contributed by atoms with Crippen molar-refractivity contribution in [1.82, 2.24) is 9.55 Å². The van der Waals surface area contributed by atoms with Gasteiger partial charge in [0.2, 0.25) is 5.75 Å². The van der Waals surface area contributed by atoms with Crippen molar-refractivity contribution in [2.45, 2.75) is 11.7 Å². The molecule has 0 bridgehead atoms. The van der Waals surface area contributed by atoms with Crippen LogP contribution < -0.4 is 19.8 Å². The predicted molar refractivity (Wildman–Crippen MR) is 114 cm³/mol. The molecule has 2 aromatic carbocycles. The van der Waals surface area contributed by atoms with E-state index in [1.165, 1.54) is 33.0 Å². The molecule has 0 aliphatic heterocycles. The summed E-state index contributed by atoms with van der Waals surface area (Å²) in [5.74, 6) is 0.584. The minimum atomic E-state index is -0.417. The van der Waals surface area contributed by atoms with Gasteiger partial charge in [-0.15, -0.1) is 0 Å². The Bertz CT molecular complexity index is 1110. The molecule has 0 aliphatic rings. The molecule has 30 heavy (non-hydrogen) atoms. The van der Waals surface area contributed by atoms with E-state index in [0.29, 0.717) is 34.1 Å². The van der Waals surface area contributed by atoms with Crippen LogP contribution in [0.3, 0.4) is 0 Å². The number of rotatable bonds is 8. The van der Waals surface area contributed by atoms with Crippen LogP contribution in [-0.4, -0.2) is 49.7 Å². The van der Waals surface area contributed by atoms with Gasteiger partial charge in [-0.25, -0.2) is 4.98 Å². The van der Waals surface area contributed by atoms with Crippen molar-refractivity contribution in [2.75, 3.05) is 34.2 Å². The van der Waals surface area contributed by atoms with E-state index in [9.17, 15) is 9.59 Å². The first kappa shape index (κ1) is 21.5. The van der Waals surface area contributed by atoms with Gasteiger partial charge in [-0.1, -0.05) is 42.1 Å². The number of aromatic nitrogens is 2. The molecule has 9 heteroatoms. The summed E-state index contributed by atoms with van der Waals surface area (Å²) in [6.07, 6.45) is 0. The summed E-state index contributed by atoms with van der Waals surface area (Å²) in [4.78, 5) is 29.8. The number of hydrogen-bond acceptors (Lipinski definition) is 8. The first-order chi connectivity index (χ1) is 14.5. The maximum absolute atomic E-state index is 13.4. The molecule has 0 saturated carbocycles. The van der Waals surface area contributed by atoms with Gasteiger partial charge >= 0.3 is 5.97 Å². The van der Waals surface area contributed by atoms with Crippen LogP contribution in [0.15, 0.2) is 46.3 Å². The van der Waals surface area contributed by atoms with E-state index in [-0.39, 0.29) is 17.1 Å². The maximum atomic E-state index is 13.4. The Morgan fingerprint density at radius 3 is 2.33 bits per heavy atom. The van der Waals surface area contributed by atoms with Crippen molar-refractivity contribution in [2.24, 2.45) is 0 Å². The summed E-state index contributed by atoms with van der Waals surface area (Å²) < 4.78 is 22.5. The average molecular weight is 430 g/mol. The van der Waals surface area contributed by atoms with Crippen molar-refractivity contribution < 1.29 is 23.7 Å². The third-order valence-electron chi connectivity index (χ3n) is 4.45. The van der Waals surface area contributed by atoms with Gasteiger partial charge in [-0.05, 0) is 11.6 Å². The van der Waals surface area contributed by atoms with E-state index >= 15 is 0 Å². The second kappa shape index (κ2) is 9.53. The Hall–Kier alpha value is -3.20. The number of benzene rings is 2. The van der Waals surface area contributed by atoms with Crippen molar-refractivity contribution in [3.8, 4) is 17.2 Å². The average Bonchev–Trinajstić information content (AvgIpc) is 2.78. The lowest BCUT2D eigenvalue weighted by Crippen LogP contribution is -2.25. The number of hydrogen-bond donors (Lipinski definition) is 0. The molecular formula is C21H22N2O6S. The van der Waals surface area contributed by atoms with E-state index < -0.39 is 5.97 Å². The topological polar surface area (TPSA) is 88.9 Å². The standard InChI is InChI=1S/C21H22N2O6S/c1-26-15-10-14-17(19(29-4)18(15)28-3)22-21(30-12-16(24)27-2)23(20(14)25)11-13-8-6-5-7-9-13/h5-10H,11-12H2,1-4H3. The lowest BCUT2D eigenvalue weighted by atomic mass is 10.2. The van der Waals surface area contributed by atoms with Gasteiger partial charge < -0.3 is 18.9 Å². The molecule has 0 radical (unpaired) electrons. The highest BCUT2D eigenvalue weighted by Gasteiger charge is 2.22. The number of ether oxygens (including phenoxy) is 4. The maximum Gasteiger partial charge on any atom is 0.316 e. The van der Waals surface area contributed by atoms with Gasteiger partial charge in [0.25, 0.3) is 5.56 Å². The number of methoxy groups -OCH3 is 4. The molecule has 3 aromatic rings. The zero-order valence-corrected chi connectivity index (χ0v) is 17.9. The highest BCUT2D eigenvalue weighted by Crippen LogP contribution is 2.42. The molecule has 3 rings (SSSR count). The van der Waals surface area contributed by atoms with Gasteiger partial charge in [0.15, 0.2) is 16.7 Å². The Balaban J connectivity index is 2.26. The van der Waals surface area contributed by atoms with E-state index in [1.54, 1.807) is 6.07 Å². The van der Waals surface area contributed by atoms with Crippen LogP contribution in [0.1, 0.15) is 5.56 Å². The molecule has 0 amide bonds. The summed E-state index contributed by atoms with van der Waals surface area (Å²) >= 11 is 1.12. The Kier molecular flexibility index (Phi) is 6.83. The SMILES string of the molecule is COC(=O)CSc1nc2c(OC)c(OC)c(OC)cc2c(=O)n1Cc1ccccc1. The first-order valence-electron chi connectivity index (χ1n) is 9.01. The van der Waals surface area contributed by atoms with Crippen LogP contribution >= 0.6 is 11.8 Å². The summed E-state index contributed by atoms with van der Waals surface area (Å²) in [7, 11) is 5.75. The van der Waals surface area contributed by atoms with Crippen molar-refractivity contribution in [3.63, 3.8) is 0 Å². The minimum absolute atomic E-state index is 0.0127. The highest BCUT2D eigenvalue weighted by atomic mass is 32.2. The minimum Gasteiger partial charge on any atom is -0.493 e. The smallest absolute Gasteiger partial charge is 0.316 e. The molecule has 0 fully saturated rings. The Labute approximate surface area is 177 Å². The molecule has 158 valence electrons. The van der Waals surface area contributed by atoms with Crippen molar-refractivity contribution in [3.05, 3.63) is 52.3 Å². The normalized spacial score (nSPS) is 10.7. The fourth-order valence-electron chi connectivity index (χ4n) is 3.00. The van der Waals surface area contributed by atoms with E-state index in [4.69, 9.17) is 18.9 Å². The molecule has 0 N–H and O–H groups in total. The molecule has 1 aromatic heterocycles. The summed E-state index contributed by atoms with van der Waals surface area (Å²) in [5.41, 5.74) is 0.973. The summed E-state index contributed by atoms with van der Waals surface area (Å²) in [6.45, 7) is 0.294. The summed E-state index contributed by atoms with van der Waals surface area (Å²) in [5, 5.41) is 0.690. The van der Waals surface area contributed by atoms with Crippen molar-refractivity contribution >= 4 is 28.6 Å². The fourth-order valence-corrected chi connectivity index (χ4v) is 3.83. The largest absolute Gasteiger partial charge is 0.493 e. The Morgan fingerprint density at radius 2 is 1.73 bits per heavy atom. The van der Waals surface area contributed by atoms with E-state index in [1.807, 2.05) is 30.3 Å². The third kappa shape index (κ3) is 4.20. The number of fused-ring (bicyclic) bond motifs is 1. The highest BCUT2D eigenvalue weighted by molar-refractivity contribution is 7.99. The second-order valence-electron chi connectivity index (χ2n) is 6.18. The van der Waals surface area contributed by atoms with Gasteiger partial charge in [-0.3, -0.25) is 14.2 Å². The quantitative estimate of drug-likeness (QED) is 0.306. The molecule has 0 aliphatic carbocycles. The molecule has 1 heterocycles. The second-order valence-corrected chi connectivity index (χ2v) is 7.12. The lowest BCUT2D eigenvalue weighted by Gasteiger charge is -2.17. The van der Waals surface area contributed by atoms with Crippen LogP contribution in [0.2, 0.25) is 0 Å².